The van der Waals surface area contributed by atoms with Gasteiger partial charge in [-0.1, -0.05) is 12.1 Å². The molecule has 2 rings (SSSR count). The number of nitrogens with two attached hydrogens (primary N) is 2. The summed E-state index contributed by atoms with van der Waals surface area (Å²) in [5, 5.41) is 8.83. The summed E-state index contributed by atoms with van der Waals surface area (Å²) in [5.41, 5.74) is 13.1. The smallest absolute Gasteiger partial charge is 0.252 e. The first-order chi connectivity index (χ1) is 9.60. The van der Waals surface area contributed by atoms with Crippen molar-refractivity contribution in [1.29, 1.82) is 5.26 Å². The standard InChI is InChI=1S/C15H13N3O2/c16-8-10-2-1-3-11(6-10)9-20-14-7-12(17)4-5-13(14)15(18)19/h1-7H,9,17H2,(H2,18,19). The summed E-state index contributed by atoms with van der Waals surface area (Å²) in [7, 11) is 0. The van der Waals surface area contributed by atoms with Gasteiger partial charge in [-0.3, -0.25) is 4.79 Å². The van der Waals surface area contributed by atoms with Crippen molar-refractivity contribution in [3.8, 4) is 11.8 Å². The van der Waals surface area contributed by atoms with Crippen LogP contribution in [0, 0.1) is 11.3 Å². The molecule has 0 spiro atoms. The van der Waals surface area contributed by atoms with Crippen LogP contribution in [0.4, 0.5) is 5.69 Å². The average molecular weight is 267 g/mol. The lowest BCUT2D eigenvalue weighted by molar-refractivity contribution is 0.0996. The molecule has 20 heavy (non-hydrogen) atoms. The number of hydrogen-bond donors (Lipinski definition) is 2. The fourth-order valence-corrected chi connectivity index (χ4v) is 1.75. The topological polar surface area (TPSA) is 102 Å². The molecule has 0 fully saturated rings. The lowest BCUT2D eigenvalue weighted by atomic mass is 10.1. The van der Waals surface area contributed by atoms with E-state index in [0.29, 0.717) is 17.0 Å². The summed E-state index contributed by atoms with van der Waals surface area (Å²) < 4.78 is 5.57. The SMILES string of the molecule is N#Cc1cccc(COc2cc(N)ccc2C(N)=O)c1. The second-order valence-corrected chi connectivity index (χ2v) is 4.22. The summed E-state index contributed by atoms with van der Waals surface area (Å²) >= 11 is 0. The number of carbonyl (C=O) groups is 1. The van der Waals surface area contributed by atoms with Crippen molar-refractivity contribution < 1.29 is 9.53 Å². The van der Waals surface area contributed by atoms with Crippen molar-refractivity contribution in [3.63, 3.8) is 0 Å². The second-order valence-electron chi connectivity index (χ2n) is 4.22. The molecule has 0 aliphatic heterocycles. The Bertz CT molecular complexity index is 690. The zero-order chi connectivity index (χ0) is 14.5. The number of anilines is 1. The number of carbonyl (C=O) groups excluding carboxylic acids is 1. The first-order valence-electron chi connectivity index (χ1n) is 5.91. The molecule has 0 heterocycles. The van der Waals surface area contributed by atoms with Crippen LogP contribution < -0.4 is 16.2 Å². The van der Waals surface area contributed by atoms with Crippen molar-refractivity contribution in [2.75, 3.05) is 5.73 Å². The number of nitriles is 1. The molecule has 0 aromatic heterocycles. The summed E-state index contributed by atoms with van der Waals surface area (Å²) in [6.07, 6.45) is 0. The van der Waals surface area contributed by atoms with Gasteiger partial charge in [-0.15, -0.1) is 0 Å². The van der Waals surface area contributed by atoms with Crippen LogP contribution in [0.5, 0.6) is 5.75 Å². The highest BCUT2D eigenvalue weighted by Gasteiger charge is 2.10. The molecule has 0 atom stereocenters. The monoisotopic (exact) mass is 267 g/mol. The predicted molar refractivity (Wildman–Crippen MR) is 74.9 cm³/mol. The van der Waals surface area contributed by atoms with Gasteiger partial charge in [0.1, 0.15) is 12.4 Å². The van der Waals surface area contributed by atoms with Gasteiger partial charge >= 0.3 is 0 Å². The van der Waals surface area contributed by atoms with Gasteiger partial charge in [0, 0.05) is 11.8 Å². The van der Waals surface area contributed by atoms with Gasteiger partial charge in [-0.2, -0.15) is 5.26 Å². The van der Waals surface area contributed by atoms with Crippen LogP contribution in [-0.4, -0.2) is 5.91 Å². The van der Waals surface area contributed by atoms with E-state index in [1.165, 1.54) is 6.07 Å². The van der Waals surface area contributed by atoms with E-state index in [2.05, 4.69) is 6.07 Å². The lowest BCUT2D eigenvalue weighted by Crippen LogP contribution is -2.13. The van der Waals surface area contributed by atoms with Gasteiger partial charge in [0.15, 0.2) is 0 Å². The molecule has 4 N–H and O–H groups in total. The van der Waals surface area contributed by atoms with E-state index in [-0.39, 0.29) is 12.2 Å². The minimum absolute atomic E-state index is 0.221. The Morgan fingerprint density at radius 1 is 1.25 bits per heavy atom. The number of benzene rings is 2. The maximum Gasteiger partial charge on any atom is 0.252 e. The Morgan fingerprint density at radius 3 is 2.75 bits per heavy atom. The van der Waals surface area contributed by atoms with Gasteiger partial charge in [0.05, 0.1) is 17.2 Å². The summed E-state index contributed by atoms with van der Waals surface area (Å²) in [6.45, 7) is 0.221. The summed E-state index contributed by atoms with van der Waals surface area (Å²) in [5.74, 6) is -0.245. The molecule has 0 saturated heterocycles. The lowest BCUT2D eigenvalue weighted by Gasteiger charge is -2.10. The van der Waals surface area contributed by atoms with Crippen LogP contribution in [0.15, 0.2) is 42.5 Å². The molecule has 0 bridgehead atoms. The van der Waals surface area contributed by atoms with Crippen molar-refractivity contribution >= 4 is 11.6 Å². The van der Waals surface area contributed by atoms with Gasteiger partial charge in [-0.05, 0) is 29.8 Å². The van der Waals surface area contributed by atoms with Crippen LogP contribution >= 0.6 is 0 Å². The summed E-state index contributed by atoms with van der Waals surface area (Å²) in [6, 6.07) is 13.7. The predicted octanol–water partition coefficient (Wildman–Crippen LogP) is 1.82. The van der Waals surface area contributed by atoms with Crippen molar-refractivity contribution in [2.24, 2.45) is 5.73 Å². The first kappa shape index (κ1) is 13.4. The first-order valence-corrected chi connectivity index (χ1v) is 5.91. The number of ether oxygens (including phenoxy) is 1. The van der Waals surface area contributed by atoms with E-state index >= 15 is 0 Å². The molecule has 5 heteroatoms. The van der Waals surface area contributed by atoms with Gasteiger partial charge < -0.3 is 16.2 Å². The van der Waals surface area contributed by atoms with E-state index in [4.69, 9.17) is 21.5 Å². The van der Waals surface area contributed by atoms with Gasteiger partial charge in [0.25, 0.3) is 5.91 Å². The molecule has 0 unspecified atom stereocenters. The average Bonchev–Trinajstić information content (AvgIpc) is 2.45. The number of primary amides is 1. The Morgan fingerprint density at radius 2 is 2.05 bits per heavy atom. The normalized spacial score (nSPS) is 9.75. The van der Waals surface area contributed by atoms with E-state index in [9.17, 15) is 4.79 Å². The van der Waals surface area contributed by atoms with Crippen LogP contribution in [-0.2, 0) is 6.61 Å². The van der Waals surface area contributed by atoms with Crippen LogP contribution in [0.2, 0.25) is 0 Å². The molecule has 1 amide bonds. The minimum Gasteiger partial charge on any atom is -0.488 e. The summed E-state index contributed by atoms with van der Waals surface area (Å²) in [4.78, 5) is 11.3. The third-order valence-corrected chi connectivity index (χ3v) is 2.72. The molecule has 2 aromatic carbocycles. The van der Waals surface area contributed by atoms with Gasteiger partial charge in [0.2, 0.25) is 0 Å². The Balaban J connectivity index is 2.20. The molecule has 5 nitrogen and oxygen atoms in total. The maximum absolute atomic E-state index is 11.3. The highest BCUT2D eigenvalue weighted by atomic mass is 16.5. The highest BCUT2D eigenvalue weighted by molar-refractivity contribution is 5.96. The fraction of sp³-hybridized carbons (Fsp3) is 0.0667. The Kier molecular flexibility index (Phi) is 3.87. The molecule has 0 aliphatic carbocycles. The Hall–Kier alpha value is -3.00. The van der Waals surface area contributed by atoms with Crippen molar-refractivity contribution in [3.05, 3.63) is 59.2 Å². The number of rotatable bonds is 4. The van der Waals surface area contributed by atoms with E-state index in [1.54, 1.807) is 30.3 Å². The van der Waals surface area contributed by atoms with E-state index in [1.807, 2.05) is 6.07 Å². The van der Waals surface area contributed by atoms with E-state index in [0.717, 1.165) is 5.56 Å². The van der Waals surface area contributed by atoms with Crippen molar-refractivity contribution in [1.82, 2.24) is 0 Å². The Labute approximate surface area is 116 Å². The molecule has 0 saturated carbocycles. The number of nitrogen functional groups attached to an aromatic ring is 1. The quantitative estimate of drug-likeness (QED) is 0.825. The third-order valence-electron chi connectivity index (χ3n) is 2.72. The zero-order valence-corrected chi connectivity index (χ0v) is 10.7. The molecular formula is C15H13N3O2. The highest BCUT2D eigenvalue weighted by Crippen LogP contribution is 2.22. The molecule has 0 radical (unpaired) electrons. The number of nitrogens with zero attached hydrogens (tertiary/aromatic N) is 1. The zero-order valence-electron chi connectivity index (χ0n) is 10.7. The van der Waals surface area contributed by atoms with E-state index < -0.39 is 5.91 Å². The molecule has 100 valence electrons. The largest absolute Gasteiger partial charge is 0.488 e. The minimum atomic E-state index is -0.578. The van der Waals surface area contributed by atoms with Crippen LogP contribution in [0.1, 0.15) is 21.5 Å². The third kappa shape index (κ3) is 3.06. The van der Waals surface area contributed by atoms with Gasteiger partial charge in [-0.25, -0.2) is 0 Å². The van der Waals surface area contributed by atoms with Crippen LogP contribution in [0.25, 0.3) is 0 Å². The van der Waals surface area contributed by atoms with Crippen molar-refractivity contribution in [2.45, 2.75) is 6.61 Å². The maximum atomic E-state index is 11.3. The molecule has 0 aliphatic rings. The number of amides is 1. The molecular weight excluding hydrogens is 254 g/mol. The number of hydrogen-bond acceptors (Lipinski definition) is 4. The fourth-order valence-electron chi connectivity index (χ4n) is 1.75. The second kappa shape index (κ2) is 5.76. The molecule has 2 aromatic rings. The van der Waals surface area contributed by atoms with Crippen LogP contribution in [0.3, 0.4) is 0 Å².